The van der Waals surface area contributed by atoms with Gasteiger partial charge in [0.05, 0.1) is 6.61 Å². The lowest BCUT2D eigenvalue weighted by molar-refractivity contribution is -0.142. The molecule has 0 aromatic carbocycles. The highest BCUT2D eigenvalue weighted by atomic mass is 79.9. The first kappa shape index (κ1) is 9.95. The molecular weight excluding hydrogens is 196 g/mol. The van der Waals surface area contributed by atoms with Crippen molar-refractivity contribution in [2.45, 2.75) is 31.5 Å². The number of carbonyl (C=O) groups is 1. The molecule has 0 aromatic rings. The number of hydrogen-bond donors (Lipinski definition) is 0. The summed E-state index contributed by atoms with van der Waals surface area (Å²) in [7, 11) is 0. The van der Waals surface area contributed by atoms with Crippen molar-refractivity contribution >= 4 is 21.9 Å². The van der Waals surface area contributed by atoms with Crippen LogP contribution in [0.5, 0.6) is 0 Å². The van der Waals surface area contributed by atoms with E-state index in [0.29, 0.717) is 6.61 Å². The highest BCUT2D eigenvalue weighted by Crippen LogP contribution is 2.09. The average molecular weight is 209 g/mol. The summed E-state index contributed by atoms with van der Waals surface area (Å²) in [6.45, 7) is 4.31. The quantitative estimate of drug-likeness (QED) is 0.523. The van der Waals surface area contributed by atoms with E-state index >= 15 is 0 Å². The molecule has 3 heteroatoms. The molecule has 0 radical (unpaired) electrons. The zero-order chi connectivity index (χ0) is 7.98. The van der Waals surface area contributed by atoms with Crippen LogP contribution in [0.4, 0.5) is 0 Å². The molecule has 0 aliphatic heterocycles. The number of rotatable bonds is 4. The van der Waals surface area contributed by atoms with Crippen LogP contribution in [0.1, 0.15) is 26.7 Å². The first-order chi connectivity index (χ1) is 4.72. The summed E-state index contributed by atoms with van der Waals surface area (Å²) < 4.78 is 4.77. The zero-order valence-corrected chi connectivity index (χ0v) is 7.98. The Kier molecular flexibility index (Phi) is 5.69. The third kappa shape index (κ3) is 3.88. The molecule has 0 heterocycles. The van der Waals surface area contributed by atoms with E-state index in [1.807, 2.05) is 13.8 Å². The van der Waals surface area contributed by atoms with Gasteiger partial charge in [0.25, 0.3) is 0 Å². The Labute approximate surface area is 70.1 Å². The van der Waals surface area contributed by atoms with Crippen molar-refractivity contribution in [3.8, 4) is 0 Å². The number of esters is 1. The molecule has 0 spiro atoms. The van der Waals surface area contributed by atoms with Crippen LogP contribution >= 0.6 is 15.9 Å². The molecule has 0 aliphatic carbocycles. The van der Waals surface area contributed by atoms with Crippen LogP contribution in [0.3, 0.4) is 0 Å². The van der Waals surface area contributed by atoms with Gasteiger partial charge in [-0.1, -0.05) is 29.3 Å². The number of halogens is 1. The molecule has 0 saturated carbocycles. The van der Waals surface area contributed by atoms with Crippen LogP contribution in [0.15, 0.2) is 0 Å². The van der Waals surface area contributed by atoms with Crippen LogP contribution in [0.2, 0.25) is 0 Å². The monoisotopic (exact) mass is 208 g/mol. The molecule has 10 heavy (non-hydrogen) atoms. The van der Waals surface area contributed by atoms with Gasteiger partial charge in [-0.15, -0.1) is 0 Å². The topological polar surface area (TPSA) is 26.3 Å². The SMILES string of the molecule is CCC[C@H](Br)C(=O)OCC. The average Bonchev–Trinajstić information content (AvgIpc) is 1.89. The Morgan fingerprint density at radius 1 is 1.60 bits per heavy atom. The summed E-state index contributed by atoms with van der Waals surface area (Å²) in [5.41, 5.74) is 0. The second-order valence-corrected chi connectivity index (χ2v) is 3.11. The summed E-state index contributed by atoms with van der Waals surface area (Å²) in [6.07, 6.45) is 1.84. The van der Waals surface area contributed by atoms with Gasteiger partial charge in [0.15, 0.2) is 0 Å². The largest absolute Gasteiger partial charge is 0.465 e. The fourth-order valence-electron chi connectivity index (χ4n) is 0.604. The molecule has 0 fully saturated rings. The second kappa shape index (κ2) is 5.71. The molecule has 2 nitrogen and oxygen atoms in total. The Morgan fingerprint density at radius 3 is 2.60 bits per heavy atom. The van der Waals surface area contributed by atoms with Crippen molar-refractivity contribution in [1.82, 2.24) is 0 Å². The smallest absolute Gasteiger partial charge is 0.319 e. The molecule has 0 N–H and O–H groups in total. The van der Waals surface area contributed by atoms with E-state index in [9.17, 15) is 4.79 Å². The fourth-order valence-corrected chi connectivity index (χ4v) is 1.19. The van der Waals surface area contributed by atoms with Gasteiger partial charge in [0.1, 0.15) is 4.83 Å². The van der Waals surface area contributed by atoms with Crippen LogP contribution in [0.25, 0.3) is 0 Å². The summed E-state index contributed by atoms with van der Waals surface area (Å²) in [5, 5.41) is 0. The van der Waals surface area contributed by atoms with Gasteiger partial charge in [-0.05, 0) is 13.3 Å². The van der Waals surface area contributed by atoms with Gasteiger partial charge in [-0.25, -0.2) is 0 Å². The van der Waals surface area contributed by atoms with Crippen molar-refractivity contribution in [3.05, 3.63) is 0 Å². The molecule has 60 valence electrons. The molecular formula is C7H13BrO2. The predicted octanol–water partition coefficient (Wildman–Crippen LogP) is 2.11. The Balaban J connectivity index is 3.49. The van der Waals surface area contributed by atoms with Crippen molar-refractivity contribution in [2.75, 3.05) is 6.61 Å². The van der Waals surface area contributed by atoms with Crippen LogP contribution in [-0.2, 0) is 9.53 Å². The minimum atomic E-state index is -0.149. The van der Waals surface area contributed by atoms with Crippen LogP contribution < -0.4 is 0 Å². The third-order valence-electron chi connectivity index (χ3n) is 1.08. The second-order valence-electron chi connectivity index (χ2n) is 2.01. The first-order valence-electron chi connectivity index (χ1n) is 3.53. The maximum Gasteiger partial charge on any atom is 0.319 e. The maximum atomic E-state index is 10.9. The van der Waals surface area contributed by atoms with Gasteiger partial charge in [0, 0.05) is 0 Å². The Morgan fingerprint density at radius 2 is 2.20 bits per heavy atom. The standard InChI is InChI=1S/C7H13BrO2/c1-3-5-6(8)7(9)10-4-2/h6H,3-5H2,1-2H3/t6-/m0/s1. The number of alkyl halides is 1. The summed E-state index contributed by atoms with van der Waals surface area (Å²) in [4.78, 5) is 10.8. The highest BCUT2D eigenvalue weighted by Gasteiger charge is 2.13. The van der Waals surface area contributed by atoms with Crippen molar-refractivity contribution < 1.29 is 9.53 Å². The third-order valence-corrected chi connectivity index (χ3v) is 1.92. The number of carbonyl (C=O) groups excluding carboxylic acids is 1. The lowest BCUT2D eigenvalue weighted by Gasteiger charge is -2.05. The van der Waals surface area contributed by atoms with E-state index in [4.69, 9.17) is 4.74 Å². The predicted molar refractivity (Wildman–Crippen MR) is 44.3 cm³/mol. The summed E-state index contributed by atoms with van der Waals surface area (Å²) in [5.74, 6) is -0.149. The van der Waals surface area contributed by atoms with E-state index in [0.717, 1.165) is 12.8 Å². The minimum absolute atomic E-state index is 0.113. The normalized spacial score (nSPS) is 12.7. The molecule has 0 aliphatic rings. The Bertz CT molecular complexity index is 104. The van der Waals surface area contributed by atoms with Crippen LogP contribution in [-0.4, -0.2) is 17.4 Å². The van der Waals surface area contributed by atoms with Crippen LogP contribution in [0, 0.1) is 0 Å². The minimum Gasteiger partial charge on any atom is -0.465 e. The molecule has 0 aromatic heterocycles. The van der Waals surface area contributed by atoms with E-state index in [2.05, 4.69) is 15.9 Å². The van der Waals surface area contributed by atoms with Gasteiger partial charge in [-0.3, -0.25) is 4.79 Å². The highest BCUT2D eigenvalue weighted by molar-refractivity contribution is 9.10. The number of hydrogen-bond acceptors (Lipinski definition) is 2. The first-order valence-corrected chi connectivity index (χ1v) is 4.44. The molecule has 0 rings (SSSR count). The summed E-state index contributed by atoms with van der Waals surface area (Å²) in [6, 6.07) is 0. The molecule has 0 saturated heterocycles. The van der Waals surface area contributed by atoms with Crippen molar-refractivity contribution in [2.24, 2.45) is 0 Å². The molecule has 1 atom stereocenters. The molecule has 0 amide bonds. The zero-order valence-electron chi connectivity index (χ0n) is 6.39. The lowest BCUT2D eigenvalue weighted by Crippen LogP contribution is -2.16. The van der Waals surface area contributed by atoms with Gasteiger partial charge < -0.3 is 4.74 Å². The van der Waals surface area contributed by atoms with E-state index in [1.54, 1.807) is 0 Å². The summed E-state index contributed by atoms with van der Waals surface area (Å²) >= 11 is 3.23. The fraction of sp³-hybridized carbons (Fsp3) is 0.857. The maximum absolute atomic E-state index is 10.9. The van der Waals surface area contributed by atoms with E-state index in [1.165, 1.54) is 0 Å². The number of ether oxygens (including phenoxy) is 1. The Hall–Kier alpha value is -0.0500. The van der Waals surface area contributed by atoms with Crippen molar-refractivity contribution in [3.63, 3.8) is 0 Å². The van der Waals surface area contributed by atoms with E-state index in [-0.39, 0.29) is 10.8 Å². The molecule has 0 bridgehead atoms. The van der Waals surface area contributed by atoms with Gasteiger partial charge >= 0.3 is 5.97 Å². The van der Waals surface area contributed by atoms with Gasteiger partial charge in [-0.2, -0.15) is 0 Å². The molecule has 0 unspecified atom stereocenters. The van der Waals surface area contributed by atoms with Crippen molar-refractivity contribution in [1.29, 1.82) is 0 Å². The van der Waals surface area contributed by atoms with Gasteiger partial charge in [0.2, 0.25) is 0 Å². The lowest BCUT2D eigenvalue weighted by atomic mass is 10.2. The van der Waals surface area contributed by atoms with E-state index < -0.39 is 0 Å².